The van der Waals surface area contributed by atoms with Crippen LogP contribution < -0.4 is 0 Å². The maximum absolute atomic E-state index is 4.42. The first kappa shape index (κ1) is 7.47. The molecule has 1 aromatic rings. The minimum atomic E-state index is 0.977. The molecule has 0 amide bonds. The maximum Gasteiger partial charge on any atom is 0.0843 e. The SMILES string of the molecule is Cc1cccc(C2=NCCC2)n1. The number of nitrogens with zero attached hydrogens (tertiary/aromatic N) is 2. The Balaban J connectivity index is 2.33. The van der Waals surface area contributed by atoms with Crippen LogP contribution in [0.3, 0.4) is 0 Å². The fraction of sp³-hybridized carbons (Fsp3) is 0.400. The van der Waals surface area contributed by atoms with Crippen LogP contribution in [0.15, 0.2) is 23.2 Å². The van der Waals surface area contributed by atoms with E-state index in [0.717, 1.165) is 24.4 Å². The Kier molecular flexibility index (Phi) is 1.90. The first-order valence-corrected chi connectivity index (χ1v) is 4.33. The number of aliphatic imine (C=N–C) groups is 1. The smallest absolute Gasteiger partial charge is 0.0843 e. The molecule has 0 N–H and O–H groups in total. The molecule has 2 heterocycles. The monoisotopic (exact) mass is 160 g/mol. The zero-order chi connectivity index (χ0) is 8.39. The molecule has 0 aliphatic carbocycles. The van der Waals surface area contributed by atoms with E-state index < -0.39 is 0 Å². The molecule has 0 bridgehead atoms. The minimum absolute atomic E-state index is 0.977. The molecule has 0 saturated carbocycles. The highest BCUT2D eigenvalue weighted by Crippen LogP contribution is 2.10. The molecule has 2 heteroatoms. The van der Waals surface area contributed by atoms with Gasteiger partial charge in [-0.15, -0.1) is 0 Å². The van der Waals surface area contributed by atoms with Crippen molar-refractivity contribution < 1.29 is 0 Å². The van der Waals surface area contributed by atoms with Crippen LogP contribution in [0.4, 0.5) is 0 Å². The summed E-state index contributed by atoms with van der Waals surface area (Å²) in [6, 6.07) is 6.09. The van der Waals surface area contributed by atoms with Crippen LogP contribution in [0.5, 0.6) is 0 Å². The molecule has 1 aliphatic rings. The van der Waals surface area contributed by atoms with Crippen LogP contribution in [0.2, 0.25) is 0 Å². The van der Waals surface area contributed by atoms with Crippen LogP contribution in [0, 0.1) is 6.92 Å². The van der Waals surface area contributed by atoms with Gasteiger partial charge in [-0.05, 0) is 31.9 Å². The van der Waals surface area contributed by atoms with Gasteiger partial charge < -0.3 is 0 Å². The molecular formula is C10H12N2. The van der Waals surface area contributed by atoms with Crippen LogP contribution in [0.25, 0.3) is 0 Å². The third-order valence-electron chi connectivity index (χ3n) is 2.06. The summed E-state index contributed by atoms with van der Waals surface area (Å²) in [6.45, 7) is 2.99. The average molecular weight is 160 g/mol. The van der Waals surface area contributed by atoms with Gasteiger partial charge in [0.25, 0.3) is 0 Å². The third-order valence-corrected chi connectivity index (χ3v) is 2.06. The van der Waals surface area contributed by atoms with E-state index >= 15 is 0 Å². The van der Waals surface area contributed by atoms with E-state index in [9.17, 15) is 0 Å². The fourth-order valence-corrected chi connectivity index (χ4v) is 1.45. The second-order valence-electron chi connectivity index (χ2n) is 3.10. The number of hydrogen-bond acceptors (Lipinski definition) is 2. The lowest BCUT2D eigenvalue weighted by Crippen LogP contribution is -2.00. The van der Waals surface area contributed by atoms with Crippen molar-refractivity contribution in [2.75, 3.05) is 6.54 Å². The second-order valence-corrected chi connectivity index (χ2v) is 3.10. The van der Waals surface area contributed by atoms with Crippen LogP contribution in [-0.4, -0.2) is 17.2 Å². The predicted molar refractivity (Wildman–Crippen MR) is 49.6 cm³/mol. The Hall–Kier alpha value is -1.18. The highest BCUT2D eigenvalue weighted by molar-refractivity contribution is 5.99. The molecule has 0 spiro atoms. The van der Waals surface area contributed by atoms with E-state index in [-0.39, 0.29) is 0 Å². The molecule has 1 aromatic heterocycles. The van der Waals surface area contributed by atoms with Crippen molar-refractivity contribution >= 4 is 5.71 Å². The van der Waals surface area contributed by atoms with E-state index in [0.29, 0.717) is 0 Å². The lowest BCUT2D eigenvalue weighted by atomic mass is 10.2. The molecule has 0 unspecified atom stereocenters. The Morgan fingerprint density at radius 3 is 2.92 bits per heavy atom. The highest BCUT2D eigenvalue weighted by Gasteiger charge is 2.09. The van der Waals surface area contributed by atoms with Gasteiger partial charge in [0.1, 0.15) is 0 Å². The van der Waals surface area contributed by atoms with E-state index in [1.165, 1.54) is 12.1 Å². The van der Waals surface area contributed by atoms with E-state index in [2.05, 4.69) is 9.98 Å². The van der Waals surface area contributed by atoms with Crippen molar-refractivity contribution in [3.8, 4) is 0 Å². The number of pyridine rings is 1. The lowest BCUT2D eigenvalue weighted by molar-refractivity contribution is 0.950. The summed E-state index contributed by atoms with van der Waals surface area (Å²) in [7, 11) is 0. The van der Waals surface area contributed by atoms with Crippen LogP contribution in [-0.2, 0) is 0 Å². The summed E-state index contributed by atoms with van der Waals surface area (Å²) in [4.78, 5) is 8.83. The summed E-state index contributed by atoms with van der Waals surface area (Å²) in [5.74, 6) is 0. The summed E-state index contributed by atoms with van der Waals surface area (Å²) in [5.41, 5.74) is 3.31. The maximum atomic E-state index is 4.42. The van der Waals surface area contributed by atoms with Crippen molar-refractivity contribution in [1.29, 1.82) is 0 Å². The number of rotatable bonds is 1. The Morgan fingerprint density at radius 2 is 2.25 bits per heavy atom. The Bertz CT molecular complexity index is 315. The van der Waals surface area contributed by atoms with E-state index in [1.807, 2.05) is 25.1 Å². The molecular weight excluding hydrogens is 148 g/mol. The molecule has 0 radical (unpaired) electrons. The molecule has 1 aliphatic heterocycles. The van der Waals surface area contributed by atoms with Gasteiger partial charge in [0, 0.05) is 12.2 Å². The molecule has 62 valence electrons. The van der Waals surface area contributed by atoms with Gasteiger partial charge in [-0.2, -0.15) is 0 Å². The van der Waals surface area contributed by atoms with Gasteiger partial charge in [0.15, 0.2) is 0 Å². The zero-order valence-corrected chi connectivity index (χ0v) is 7.25. The van der Waals surface area contributed by atoms with Crippen molar-refractivity contribution in [2.45, 2.75) is 19.8 Å². The Labute approximate surface area is 72.4 Å². The molecule has 0 aromatic carbocycles. The predicted octanol–water partition coefficient (Wildman–Crippen LogP) is 1.97. The average Bonchev–Trinajstić information content (AvgIpc) is 2.56. The largest absolute Gasteiger partial charge is 0.288 e. The van der Waals surface area contributed by atoms with Gasteiger partial charge in [0.05, 0.1) is 11.4 Å². The molecule has 0 saturated heterocycles. The van der Waals surface area contributed by atoms with Gasteiger partial charge in [-0.1, -0.05) is 6.07 Å². The summed E-state index contributed by atoms with van der Waals surface area (Å²) >= 11 is 0. The number of aromatic nitrogens is 1. The molecule has 0 fully saturated rings. The van der Waals surface area contributed by atoms with Gasteiger partial charge >= 0.3 is 0 Å². The molecule has 0 atom stereocenters. The normalized spacial score (nSPS) is 16.2. The van der Waals surface area contributed by atoms with E-state index in [4.69, 9.17) is 0 Å². The molecule has 12 heavy (non-hydrogen) atoms. The zero-order valence-electron chi connectivity index (χ0n) is 7.25. The summed E-state index contributed by atoms with van der Waals surface area (Å²) < 4.78 is 0. The van der Waals surface area contributed by atoms with Crippen molar-refractivity contribution in [1.82, 2.24) is 4.98 Å². The summed E-state index contributed by atoms with van der Waals surface area (Å²) in [6.07, 6.45) is 2.28. The number of hydrogen-bond donors (Lipinski definition) is 0. The molecule has 2 nitrogen and oxygen atoms in total. The highest BCUT2D eigenvalue weighted by atomic mass is 14.8. The summed E-state index contributed by atoms with van der Waals surface area (Å²) in [5, 5.41) is 0. The Morgan fingerprint density at radius 1 is 1.33 bits per heavy atom. The first-order chi connectivity index (χ1) is 5.86. The third kappa shape index (κ3) is 1.37. The lowest BCUT2D eigenvalue weighted by Gasteiger charge is -1.99. The van der Waals surface area contributed by atoms with Crippen molar-refractivity contribution in [3.63, 3.8) is 0 Å². The quantitative estimate of drug-likeness (QED) is 0.616. The topological polar surface area (TPSA) is 25.2 Å². The van der Waals surface area contributed by atoms with Gasteiger partial charge in [-0.3, -0.25) is 9.98 Å². The van der Waals surface area contributed by atoms with Gasteiger partial charge in [0.2, 0.25) is 0 Å². The van der Waals surface area contributed by atoms with Gasteiger partial charge in [-0.25, -0.2) is 0 Å². The minimum Gasteiger partial charge on any atom is -0.288 e. The van der Waals surface area contributed by atoms with Crippen molar-refractivity contribution in [2.24, 2.45) is 4.99 Å². The number of aryl methyl sites for hydroxylation is 1. The molecule has 2 rings (SSSR count). The van der Waals surface area contributed by atoms with Crippen LogP contribution >= 0.6 is 0 Å². The standard InChI is InChI=1S/C10H12N2/c1-8-4-2-5-10(12-8)9-6-3-7-11-9/h2,4-5H,3,6-7H2,1H3. The van der Waals surface area contributed by atoms with Crippen LogP contribution in [0.1, 0.15) is 24.2 Å². The second kappa shape index (κ2) is 3.05. The first-order valence-electron chi connectivity index (χ1n) is 4.33. The van der Waals surface area contributed by atoms with Crippen molar-refractivity contribution in [3.05, 3.63) is 29.6 Å². The van der Waals surface area contributed by atoms with E-state index in [1.54, 1.807) is 0 Å². The fourth-order valence-electron chi connectivity index (χ4n) is 1.45.